The van der Waals surface area contributed by atoms with Crippen LogP contribution in [0.25, 0.3) is 0 Å². The molecule has 2 aliphatic rings. The van der Waals surface area contributed by atoms with Crippen molar-refractivity contribution < 1.29 is 22.7 Å². The monoisotopic (exact) mass is 328 g/mol. The molecule has 2 unspecified atom stereocenters. The van der Waals surface area contributed by atoms with Crippen molar-refractivity contribution >= 4 is 5.91 Å². The number of carbonyl (C=O) groups is 1. The topological polar surface area (TPSA) is 50.4 Å². The van der Waals surface area contributed by atoms with Gasteiger partial charge in [0.05, 0.1) is 0 Å². The molecule has 126 valence electrons. The number of alkyl halides is 3. The summed E-state index contributed by atoms with van der Waals surface area (Å²) in [7, 11) is 0. The Balaban J connectivity index is 1.62. The summed E-state index contributed by atoms with van der Waals surface area (Å²) in [4.78, 5) is 12.3. The number of benzene rings is 1. The van der Waals surface area contributed by atoms with E-state index < -0.39 is 6.36 Å². The number of hydrogen-bond donors (Lipinski definition) is 2. The van der Waals surface area contributed by atoms with Gasteiger partial charge in [0.25, 0.3) is 0 Å². The number of halogens is 3. The summed E-state index contributed by atoms with van der Waals surface area (Å²) in [6, 6.07) is 6.16. The van der Waals surface area contributed by atoms with Crippen molar-refractivity contribution in [3.63, 3.8) is 0 Å². The van der Waals surface area contributed by atoms with E-state index in [1.54, 1.807) is 12.1 Å². The quantitative estimate of drug-likeness (QED) is 0.893. The van der Waals surface area contributed by atoms with Gasteiger partial charge in [-0.3, -0.25) is 4.79 Å². The van der Waals surface area contributed by atoms with Crippen molar-refractivity contribution in [3.8, 4) is 5.75 Å². The van der Waals surface area contributed by atoms with E-state index >= 15 is 0 Å². The molecule has 23 heavy (non-hydrogen) atoms. The first-order valence-electron chi connectivity index (χ1n) is 7.80. The maximum Gasteiger partial charge on any atom is 0.573 e. The van der Waals surface area contributed by atoms with E-state index in [9.17, 15) is 18.0 Å². The number of piperidine rings is 1. The molecule has 2 fully saturated rings. The van der Waals surface area contributed by atoms with Crippen molar-refractivity contribution in [1.29, 1.82) is 0 Å². The minimum absolute atomic E-state index is 0.0782. The lowest BCUT2D eigenvalue weighted by Gasteiger charge is -2.23. The van der Waals surface area contributed by atoms with E-state index in [0.29, 0.717) is 12.0 Å². The molecule has 0 radical (unpaired) electrons. The van der Waals surface area contributed by atoms with Crippen molar-refractivity contribution in [1.82, 2.24) is 10.6 Å². The Morgan fingerprint density at radius 1 is 1.30 bits per heavy atom. The van der Waals surface area contributed by atoms with Gasteiger partial charge in [-0.1, -0.05) is 18.2 Å². The average Bonchev–Trinajstić information content (AvgIpc) is 3.28. The third-order valence-corrected chi connectivity index (χ3v) is 4.31. The molecular formula is C16H19F3N2O2. The molecule has 0 aromatic heterocycles. The molecule has 3 atom stereocenters. The van der Waals surface area contributed by atoms with Crippen LogP contribution in [-0.2, 0) is 4.79 Å². The highest BCUT2D eigenvalue weighted by Crippen LogP contribution is 2.51. The normalized spacial score (nSPS) is 27.3. The minimum atomic E-state index is -4.73. The van der Waals surface area contributed by atoms with E-state index in [0.717, 1.165) is 25.9 Å². The first kappa shape index (κ1) is 16.1. The minimum Gasteiger partial charge on any atom is -0.405 e. The Kier molecular flexibility index (Phi) is 4.48. The van der Waals surface area contributed by atoms with E-state index in [2.05, 4.69) is 15.4 Å². The lowest BCUT2D eigenvalue weighted by atomic mass is 10.1. The molecule has 1 saturated heterocycles. The predicted octanol–water partition coefficient (Wildman–Crippen LogP) is 2.56. The van der Waals surface area contributed by atoms with Crippen LogP contribution < -0.4 is 15.4 Å². The van der Waals surface area contributed by atoms with Crippen LogP contribution in [-0.4, -0.2) is 31.4 Å². The molecule has 1 amide bonds. The molecule has 2 N–H and O–H groups in total. The standard InChI is InChI=1S/C16H19F3N2O2/c17-16(18,19)23-14-6-2-1-5-11(14)12-8-13(12)15(22)21-10-4-3-7-20-9-10/h1-2,5-6,10,12-13,20H,3-4,7-9H2,(H,21,22)/t10-,12?,13?/m0/s1. The summed E-state index contributed by atoms with van der Waals surface area (Å²) in [5, 5.41) is 6.20. The van der Waals surface area contributed by atoms with Crippen LogP contribution in [0.5, 0.6) is 5.75 Å². The van der Waals surface area contributed by atoms with Crippen molar-refractivity contribution in [2.45, 2.75) is 37.6 Å². The molecule has 0 bridgehead atoms. The van der Waals surface area contributed by atoms with Crippen molar-refractivity contribution in [3.05, 3.63) is 29.8 Å². The number of ether oxygens (including phenoxy) is 1. The highest BCUT2D eigenvalue weighted by molar-refractivity contribution is 5.83. The number of carbonyl (C=O) groups excluding carboxylic acids is 1. The largest absolute Gasteiger partial charge is 0.573 e. The molecule has 1 aliphatic heterocycles. The number of hydrogen-bond acceptors (Lipinski definition) is 3. The van der Waals surface area contributed by atoms with Crippen LogP contribution >= 0.6 is 0 Å². The maximum atomic E-state index is 12.5. The second-order valence-electron chi connectivity index (χ2n) is 6.09. The lowest BCUT2D eigenvalue weighted by Crippen LogP contribution is -2.46. The maximum absolute atomic E-state index is 12.5. The van der Waals surface area contributed by atoms with Gasteiger partial charge >= 0.3 is 6.36 Å². The Morgan fingerprint density at radius 3 is 2.78 bits per heavy atom. The van der Waals surface area contributed by atoms with Crippen LogP contribution in [0, 0.1) is 5.92 Å². The lowest BCUT2D eigenvalue weighted by molar-refractivity contribution is -0.274. The van der Waals surface area contributed by atoms with Gasteiger partial charge in [-0.15, -0.1) is 13.2 Å². The fourth-order valence-electron chi connectivity index (χ4n) is 3.12. The van der Waals surface area contributed by atoms with Crippen LogP contribution in [0.4, 0.5) is 13.2 Å². The molecular weight excluding hydrogens is 309 g/mol. The van der Waals surface area contributed by atoms with Crippen LogP contribution in [0.2, 0.25) is 0 Å². The van der Waals surface area contributed by atoms with Gasteiger partial charge in [0, 0.05) is 18.5 Å². The second-order valence-corrected chi connectivity index (χ2v) is 6.09. The summed E-state index contributed by atoms with van der Waals surface area (Å²) in [5.74, 6) is -0.759. The first-order valence-corrected chi connectivity index (χ1v) is 7.80. The highest BCUT2D eigenvalue weighted by atomic mass is 19.4. The Bertz CT molecular complexity index is 571. The predicted molar refractivity (Wildman–Crippen MR) is 78.0 cm³/mol. The smallest absolute Gasteiger partial charge is 0.405 e. The average molecular weight is 328 g/mol. The van der Waals surface area contributed by atoms with Gasteiger partial charge in [-0.2, -0.15) is 0 Å². The SMILES string of the molecule is O=C(N[C@H]1CCCNC1)C1CC1c1ccccc1OC(F)(F)F. The molecule has 1 heterocycles. The van der Waals surface area contributed by atoms with Gasteiger partial charge in [0.15, 0.2) is 0 Å². The van der Waals surface area contributed by atoms with E-state index in [1.165, 1.54) is 12.1 Å². The number of rotatable bonds is 4. The highest BCUT2D eigenvalue weighted by Gasteiger charge is 2.46. The Labute approximate surface area is 132 Å². The third kappa shape index (κ3) is 4.16. The van der Waals surface area contributed by atoms with Crippen molar-refractivity contribution in [2.24, 2.45) is 5.92 Å². The van der Waals surface area contributed by atoms with Crippen molar-refractivity contribution in [2.75, 3.05) is 13.1 Å². The molecule has 7 heteroatoms. The van der Waals surface area contributed by atoms with Gasteiger partial charge in [-0.05, 0) is 43.4 Å². The molecule has 4 nitrogen and oxygen atoms in total. The van der Waals surface area contributed by atoms with Crippen LogP contribution in [0.15, 0.2) is 24.3 Å². The zero-order valence-corrected chi connectivity index (χ0v) is 12.5. The molecule has 0 spiro atoms. The molecule has 3 rings (SSSR count). The Morgan fingerprint density at radius 2 is 2.09 bits per heavy atom. The molecule has 1 aromatic rings. The summed E-state index contributed by atoms with van der Waals surface area (Å²) in [6.45, 7) is 1.71. The molecule has 1 aliphatic carbocycles. The second kappa shape index (κ2) is 6.39. The zero-order chi connectivity index (χ0) is 16.4. The summed E-state index contributed by atoms with van der Waals surface area (Å²) in [5.41, 5.74) is 0.451. The first-order chi connectivity index (χ1) is 10.9. The summed E-state index contributed by atoms with van der Waals surface area (Å²) in [6.07, 6.45) is -2.22. The van der Waals surface area contributed by atoms with Gasteiger partial charge in [0.1, 0.15) is 5.75 Å². The number of para-hydroxylation sites is 1. The van der Waals surface area contributed by atoms with E-state index in [4.69, 9.17) is 0 Å². The fraction of sp³-hybridized carbons (Fsp3) is 0.562. The molecule has 1 aromatic carbocycles. The number of amides is 1. The van der Waals surface area contributed by atoms with Gasteiger partial charge < -0.3 is 15.4 Å². The third-order valence-electron chi connectivity index (χ3n) is 4.31. The fourth-order valence-corrected chi connectivity index (χ4v) is 3.12. The summed E-state index contributed by atoms with van der Waals surface area (Å²) < 4.78 is 41.5. The van der Waals surface area contributed by atoms with Crippen LogP contribution in [0.1, 0.15) is 30.7 Å². The molecule has 1 saturated carbocycles. The van der Waals surface area contributed by atoms with Crippen LogP contribution in [0.3, 0.4) is 0 Å². The van der Waals surface area contributed by atoms with Gasteiger partial charge in [-0.25, -0.2) is 0 Å². The zero-order valence-electron chi connectivity index (χ0n) is 12.5. The van der Waals surface area contributed by atoms with E-state index in [-0.39, 0.29) is 29.5 Å². The van der Waals surface area contributed by atoms with E-state index in [1.807, 2.05) is 0 Å². The summed E-state index contributed by atoms with van der Waals surface area (Å²) >= 11 is 0. The Hall–Kier alpha value is -1.76. The number of nitrogens with one attached hydrogen (secondary N) is 2. The van der Waals surface area contributed by atoms with Gasteiger partial charge in [0.2, 0.25) is 5.91 Å².